The number of nitrogens with zero attached hydrogens (tertiary/aromatic N) is 2. The number of carbonyl (C=O) groups is 1. The maximum Gasteiger partial charge on any atom is 0.410 e. The lowest BCUT2D eigenvalue weighted by Crippen LogP contribution is -2.44. The molecule has 1 rings (SSSR count). The topological polar surface area (TPSA) is 66.9 Å². The fourth-order valence-corrected chi connectivity index (χ4v) is 3.22. The Morgan fingerprint density at radius 3 is 2.50 bits per heavy atom. The van der Waals surface area contributed by atoms with E-state index in [4.69, 9.17) is 4.74 Å². The lowest BCUT2D eigenvalue weighted by atomic mass is 9.99. The van der Waals surface area contributed by atoms with Crippen molar-refractivity contribution in [3.63, 3.8) is 0 Å². The number of amides is 1. The summed E-state index contributed by atoms with van der Waals surface area (Å²) < 4.78 is 29.9. The van der Waals surface area contributed by atoms with Gasteiger partial charge in [-0.3, -0.25) is 0 Å². The molecule has 1 aliphatic rings. The van der Waals surface area contributed by atoms with Crippen molar-refractivity contribution >= 4 is 16.1 Å². The summed E-state index contributed by atoms with van der Waals surface area (Å²) in [5.41, 5.74) is -0.517. The molecule has 0 radical (unpaired) electrons. The largest absolute Gasteiger partial charge is 0.444 e. The predicted octanol–water partition coefficient (Wildman–Crippen LogP) is 1.52. The minimum absolute atomic E-state index is 0.163. The van der Waals surface area contributed by atoms with Crippen molar-refractivity contribution in [2.75, 3.05) is 32.9 Å². The number of hydrogen-bond donors (Lipinski definition) is 0. The van der Waals surface area contributed by atoms with E-state index in [9.17, 15) is 13.2 Å². The molecule has 0 aromatic heterocycles. The SMILES string of the molecule is CN(CC1CCCN(S(C)(=O)=O)C1)C(=O)OC(C)(C)C. The first-order valence-electron chi connectivity index (χ1n) is 6.88. The lowest BCUT2D eigenvalue weighted by molar-refractivity contribution is 0.0258. The van der Waals surface area contributed by atoms with E-state index in [1.165, 1.54) is 15.5 Å². The quantitative estimate of drug-likeness (QED) is 0.793. The molecule has 20 heavy (non-hydrogen) atoms. The minimum Gasteiger partial charge on any atom is -0.444 e. The zero-order valence-electron chi connectivity index (χ0n) is 13.0. The minimum atomic E-state index is -3.15. The molecular weight excluding hydrogens is 280 g/mol. The molecule has 0 aromatic carbocycles. The molecule has 0 saturated carbocycles. The Labute approximate surface area is 122 Å². The normalized spacial score (nSPS) is 21.6. The summed E-state index contributed by atoms with van der Waals surface area (Å²) in [5.74, 6) is 0.163. The zero-order chi connectivity index (χ0) is 15.6. The molecule has 0 aromatic rings. The van der Waals surface area contributed by atoms with Gasteiger partial charge < -0.3 is 9.64 Å². The van der Waals surface area contributed by atoms with E-state index >= 15 is 0 Å². The highest BCUT2D eigenvalue weighted by Crippen LogP contribution is 2.20. The van der Waals surface area contributed by atoms with Gasteiger partial charge in [0.1, 0.15) is 5.60 Å². The number of piperidine rings is 1. The molecule has 1 atom stereocenters. The first-order chi connectivity index (χ1) is 8.99. The maximum atomic E-state index is 11.9. The molecule has 118 valence electrons. The molecule has 1 unspecified atom stereocenters. The fraction of sp³-hybridized carbons (Fsp3) is 0.923. The summed E-state index contributed by atoms with van der Waals surface area (Å²) in [6, 6.07) is 0. The van der Waals surface area contributed by atoms with Gasteiger partial charge in [-0.05, 0) is 39.5 Å². The molecule has 6 nitrogen and oxygen atoms in total. The van der Waals surface area contributed by atoms with Gasteiger partial charge in [0, 0.05) is 26.7 Å². The summed E-state index contributed by atoms with van der Waals surface area (Å²) >= 11 is 0. The standard InChI is InChI=1S/C13H26N2O4S/c1-13(2,3)19-12(16)14(4)9-11-7-6-8-15(10-11)20(5,17)18/h11H,6-10H2,1-5H3. The highest BCUT2D eigenvalue weighted by atomic mass is 32.2. The molecule has 1 fully saturated rings. The van der Waals surface area contributed by atoms with Gasteiger partial charge in [-0.25, -0.2) is 17.5 Å². The third kappa shape index (κ3) is 5.66. The van der Waals surface area contributed by atoms with Crippen LogP contribution in [0.3, 0.4) is 0 Å². The zero-order valence-corrected chi connectivity index (χ0v) is 13.9. The van der Waals surface area contributed by atoms with Gasteiger partial charge in [-0.1, -0.05) is 0 Å². The van der Waals surface area contributed by atoms with E-state index in [2.05, 4.69) is 0 Å². The maximum absolute atomic E-state index is 11.9. The van der Waals surface area contributed by atoms with Crippen LogP contribution in [-0.2, 0) is 14.8 Å². The van der Waals surface area contributed by atoms with E-state index < -0.39 is 15.6 Å². The van der Waals surface area contributed by atoms with Gasteiger partial charge in [-0.2, -0.15) is 0 Å². The summed E-state index contributed by atoms with van der Waals surface area (Å²) in [6.07, 6.45) is 2.63. The third-order valence-electron chi connectivity index (χ3n) is 3.19. The van der Waals surface area contributed by atoms with E-state index in [1.807, 2.05) is 20.8 Å². The lowest BCUT2D eigenvalue weighted by Gasteiger charge is -2.33. The van der Waals surface area contributed by atoms with Crippen LogP contribution in [0.2, 0.25) is 0 Å². The van der Waals surface area contributed by atoms with E-state index in [0.29, 0.717) is 19.6 Å². The molecular formula is C13H26N2O4S. The van der Waals surface area contributed by atoms with Crippen LogP contribution >= 0.6 is 0 Å². The number of sulfonamides is 1. The van der Waals surface area contributed by atoms with Crippen LogP contribution in [0.25, 0.3) is 0 Å². The number of ether oxygens (including phenoxy) is 1. The highest BCUT2D eigenvalue weighted by molar-refractivity contribution is 7.88. The second-order valence-electron chi connectivity index (χ2n) is 6.49. The van der Waals surface area contributed by atoms with Crippen molar-refractivity contribution in [3.8, 4) is 0 Å². The Morgan fingerprint density at radius 1 is 1.40 bits per heavy atom. The molecule has 1 heterocycles. The first kappa shape index (κ1) is 17.2. The molecule has 0 bridgehead atoms. The average molecular weight is 306 g/mol. The predicted molar refractivity (Wildman–Crippen MR) is 78.0 cm³/mol. The Bertz CT molecular complexity index is 442. The summed E-state index contributed by atoms with van der Waals surface area (Å²) in [4.78, 5) is 13.4. The summed E-state index contributed by atoms with van der Waals surface area (Å²) in [7, 11) is -1.46. The smallest absolute Gasteiger partial charge is 0.410 e. The van der Waals surface area contributed by atoms with Gasteiger partial charge in [0.25, 0.3) is 0 Å². The monoisotopic (exact) mass is 306 g/mol. The number of hydrogen-bond acceptors (Lipinski definition) is 4. The van der Waals surface area contributed by atoms with Gasteiger partial charge in [-0.15, -0.1) is 0 Å². The molecule has 7 heteroatoms. The number of carbonyl (C=O) groups excluding carboxylic acids is 1. The van der Waals surface area contributed by atoms with Gasteiger partial charge in [0.2, 0.25) is 10.0 Å². The average Bonchev–Trinajstić information content (AvgIpc) is 2.25. The van der Waals surface area contributed by atoms with Crippen LogP contribution in [0.5, 0.6) is 0 Å². The van der Waals surface area contributed by atoms with Crippen LogP contribution in [0.4, 0.5) is 4.79 Å². The Morgan fingerprint density at radius 2 is 2.00 bits per heavy atom. The molecule has 0 N–H and O–H groups in total. The van der Waals surface area contributed by atoms with Crippen LogP contribution in [-0.4, -0.2) is 62.3 Å². The Balaban J connectivity index is 2.54. The fourth-order valence-electron chi connectivity index (χ4n) is 2.28. The van der Waals surface area contributed by atoms with Crippen molar-refractivity contribution < 1.29 is 17.9 Å². The van der Waals surface area contributed by atoms with Crippen molar-refractivity contribution in [3.05, 3.63) is 0 Å². The Kier molecular flexibility index (Phi) is 5.43. The molecule has 1 saturated heterocycles. The van der Waals surface area contributed by atoms with E-state index in [0.717, 1.165) is 12.8 Å². The second-order valence-corrected chi connectivity index (χ2v) is 8.47. The molecule has 1 amide bonds. The van der Waals surface area contributed by atoms with Crippen LogP contribution in [0.15, 0.2) is 0 Å². The van der Waals surface area contributed by atoms with Crippen LogP contribution in [0.1, 0.15) is 33.6 Å². The first-order valence-corrected chi connectivity index (χ1v) is 8.73. The summed E-state index contributed by atoms with van der Waals surface area (Å²) in [5, 5.41) is 0. The Hall–Kier alpha value is -0.820. The van der Waals surface area contributed by atoms with Crippen molar-refractivity contribution in [1.29, 1.82) is 0 Å². The van der Waals surface area contributed by atoms with Crippen LogP contribution in [0, 0.1) is 5.92 Å². The molecule has 0 spiro atoms. The van der Waals surface area contributed by atoms with Gasteiger partial charge >= 0.3 is 6.09 Å². The number of rotatable bonds is 3. The van der Waals surface area contributed by atoms with Crippen molar-refractivity contribution in [2.45, 2.75) is 39.2 Å². The van der Waals surface area contributed by atoms with Gasteiger partial charge in [0.15, 0.2) is 0 Å². The molecule has 1 aliphatic heterocycles. The van der Waals surface area contributed by atoms with E-state index in [-0.39, 0.29) is 12.0 Å². The van der Waals surface area contributed by atoms with Crippen molar-refractivity contribution in [1.82, 2.24) is 9.21 Å². The second kappa shape index (κ2) is 6.30. The summed E-state index contributed by atoms with van der Waals surface area (Å²) in [6.45, 7) is 7.04. The molecule has 0 aliphatic carbocycles. The van der Waals surface area contributed by atoms with E-state index in [1.54, 1.807) is 7.05 Å². The highest BCUT2D eigenvalue weighted by Gasteiger charge is 2.28. The third-order valence-corrected chi connectivity index (χ3v) is 4.46. The van der Waals surface area contributed by atoms with Gasteiger partial charge in [0.05, 0.1) is 6.26 Å². The van der Waals surface area contributed by atoms with Crippen molar-refractivity contribution in [2.24, 2.45) is 5.92 Å². The van der Waals surface area contributed by atoms with Crippen LogP contribution < -0.4 is 0 Å².